The maximum Gasteiger partial charge on any atom is 0.253 e. The van der Waals surface area contributed by atoms with Crippen molar-refractivity contribution in [2.24, 2.45) is 5.41 Å². The van der Waals surface area contributed by atoms with Gasteiger partial charge in [-0.1, -0.05) is 12.5 Å². The first kappa shape index (κ1) is 24.0. The second-order valence-electron chi connectivity index (χ2n) is 8.71. The van der Waals surface area contributed by atoms with Gasteiger partial charge in [0.25, 0.3) is 5.91 Å². The summed E-state index contributed by atoms with van der Waals surface area (Å²) in [6.45, 7) is 4.52. The van der Waals surface area contributed by atoms with Crippen molar-refractivity contribution >= 4 is 17.7 Å². The fourth-order valence-electron chi connectivity index (χ4n) is 4.39. The van der Waals surface area contributed by atoms with Gasteiger partial charge in [-0.25, -0.2) is 0 Å². The Morgan fingerprint density at radius 2 is 1.88 bits per heavy atom. The molecule has 1 spiro atoms. The van der Waals surface area contributed by atoms with Crippen LogP contribution in [0.1, 0.15) is 55.8 Å². The van der Waals surface area contributed by atoms with Gasteiger partial charge in [0.1, 0.15) is 11.8 Å². The minimum absolute atomic E-state index is 0.0544. The summed E-state index contributed by atoms with van der Waals surface area (Å²) in [4.78, 5) is 40.4. The summed E-state index contributed by atoms with van der Waals surface area (Å²) in [5.41, 5.74) is 0.00212. The molecule has 2 saturated heterocycles. The molecule has 3 amide bonds. The first-order valence-corrected chi connectivity index (χ1v) is 11.5. The quantitative estimate of drug-likeness (QED) is 0.727. The van der Waals surface area contributed by atoms with E-state index < -0.39 is 11.5 Å². The Hall–Kier alpha value is -2.61. The van der Waals surface area contributed by atoms with Gasteiger partial charge in [-0.05, 0) is 57.2 Å². The molecular formula is C24H35N3O5. The van der Waals surface area contributed by atoms with E-state index in [4.69, 9.17) is 9.47 Å². The molecule has 176 valence electrons. The van der Waals surface area contributed by atoms with Crippen LogP contribution in [0.3, 0.4) is 0 Å². The van der Waals surface area contributed by atoms with E-state index in [0.717, 1.165) is 25.7 Å². The Kier molecular flexibility index (Phi) is 8.50. The molecular weight excluding hydrogens is 410 g/mol. The molecule has 2 aliphatic rings. The number of nitrogens with one attached hydrogen (secondary N) is 2. The smallest absolute Gasteiger partial charge is 0.253 e. The summed E-state index contributed by atoms with van der Waals surface area (Å²) < 4.78 is 10.9. The van der Waals surface area contributed by atoms with Gasteiger partial charge in [0.15, 0.2) is 0 Å². The average Bonchev–Trinajstić information content (AvgIpc) is 2.82. The van der Waals surface area contributed by atoms with Gasteiger partial charge in [0.05, 0.1) is 12.5 Å². The second kappa shape index (κ2) is 11.3. The van der Waals surface area contributed by atoms with E-state index in [1.807, 2.05) is 6.07 Å². The first-order chi connectivity index (χ1) is 15.4. The highest BCUT2D eigenvalue weighted by atomic mass is 16.5. The number of amides is 3. The third kappa shape index (κ3) is 6.00. The highest BCUT2D eigenvalue weighted by Gasteiger charge is 2.42. The fourth-order valence-corrected chi connectivity index (χ4v) is 4.39. The molecule has 2 heterocycles. The Morgan fingerprint density at radius 1 is 1.12 bits per heavy atom. The number of methoxy groups -OCH3 is 1. The molecule has 2 N–H and O–H groups in total. The zero-order valence-electron chi connectivity index (χ0n) is 19.2. The maximum atomic E-state index is 13.3. The Bertz CT molecular complexity index is 805. The van der Waals surface area contributed by atoms with Crippen LogP contribution >= 0.6 is 0 Å². The Morgan fingerprint density at radius 3 is 2.62 bits per heavy atom. The van der Waals surface area contributed by atoms with E-state index in [2.05, 4.69) is 10.6 Å². The Balaban J connectivity index is 1.68. The van der Waals surface area contributed by atoms with Crippen molar-refractivity contribution in [2.45, 2.75) is 51.5 Å². The number of carbonyl (C=O) groups excluding carboxylic acids is 3. The monoisotopic (exact) mass is 445 g/mol. The molecule has 1 aromatic carbocycles. The minimum Gasteiger partial charge on any atom is -0.497 e. The highest BCUT2D eigenvalue weighted by Crippen LogP contribution is 2.37. The van der Waals surface area contributed by atoms with Gasteiger partial charge in [-0.3, -0.25) is 14.4 Å². The third-order valence-corrected chi connectivity index (χ3v) is 6.51. The van der Waals surface area contributed by atoms with E-state index in [1.54, 1.807) is 37.1 Å². The third-order valence-electron chi connectivity index (χ3n) is 6.51. The number of nitrogens with zero attached hydrogens (tertiary/aromatic N) is 1. The summed E-state index contributed by atoms with van der Waals surface area (Å²) in [6, 6.07) is 6.53. The van der Waals surface area contributed by atoms with Gasteiger partial charge < -0.3 is 25.0 Å². The van der Waals surface area contributed by atoms with Crippen molar-refractivity contribution in [2.75, 3.05) is 40.0 Å². The lowest BCUT2D eigenvalue weighted by molar-refractivity contribution is -0.137. The van der Waals surface area contributed by atoms with Gasteiger partial charge in [-0.2, -0.15) is 0 Å². The topological polar surface area (TPSA) is 97.0 Å². The van der Waals surface area contributed by atoms with E-state index >= 15 is 0 Å². The summed E-state index contributed by atoms with van der Waals surface area (Å²) in [5, 5.41) is 5.78. The molecule has 1 aromatic rings. The zero-order valence-corrected chi connectivity index (χ0v) is 19.2. The molecule has 32 heavy (non-hydrogen) atoms. The van der Waals surface area contributed by atoms with Crippen LogP contribution in [0.2, 0.25) is 0 Å². The number of ether oxygens (including phenoxy) is 2. The van der Waals surface area contributed by atoms with Gasteiger partial charge in [0.2, 0.25) is 11.8 Å². The predicted molar refractivity (Wildman–Crippen MR) is 120 cm³/mol. The first-order valence-electron chi connectivity index (χ1n) is 11.5. The molecule has 2 fully saturated rings. The maximum absolute atomic E-state index is 13.3. The van der Waals surface area contributed by atoms with Crippen LogP contribution in [0.25, 0.3) is 0 Å². The number of rotatable bonds is 2. The van der Waals surface area contributed by atoms with Crippen molar-refractivity contribution in [3.8, 4) is 5.75 Å². The summed E-state index contributed by atoms with van der Waals surface area (Å²) in [7, 11) is 1.58. The second-order valence-corrected chi connectivity index (χ2v) is 8.71. The van der Waals surface area contributed by atoms with Crippen molar-refractivity contribution < 1.29 is 23.9 Å². The molecule has 0 aromatic heterocycles. The molecule has 8 nitrogen and oxygen atoms in total. The van der Waals surface area contributed by atoms with Gasteiger partial charge in [-0.15, -0.1) is 0 Å². The fraction of sp³-hybridized carbons (Fsp3) is 0.625. The van der Waals surface area contributed by atoms with Crippen molar-refractivity contribution in [1.29, 1.82) is 0 Å². The van der Waals surface area contributed by atoms with E-state index in [1.165, 1.54) is 0 Å². The molecule has 0 saturated carbocycles. The van der Waals surface area contributed by atoms with Gasteiger partial charge >= 0.3 is 0 Å². The number of hydrogen-bond donors (Lipinski definition) is 2. The van der Waals surface area contributed by atoms with Crippen molar-refractivity contribution in [3.63, 3.8) is 0 Å². The lowest BCUT2D eigenvalue weighted by Crippen LogP contribution is -2.54. The summed E-state index contributed by atoms with van der Waals surface area (Å²) in [5.74, 6) is 0.313. The molecule has 0 aliphatic carbocycles. The average molecular weight is 446 g/mol. The number of piperidine rings is 1. The molecule has 1 atom stereocenters. The molecule has 3 rings (SSSR count). The zero-order chi connectivity index (χ0) is 23.0. The number of carbonyl (C=O) groups is 3. The van der Waals surface area contributed by atoms with Crippen molar-refractivity contribution in [1.82, 2.24) is 15.5 Å². The molecule has 0 radical (unpaired) electrons. The lowest BCUT2D eigenvalue weighted by atomic mass is 9.73. The SMILES string of the molecule is COc1cccc(C(=O)N2CCC3(CCCCOCCCNC(=O)[C@H](C)NC3=O)CC2)c1. The molecule has 0 bridgehead atoms. The number of likely N-dealkylation sites (tertiary alicyclic amines) is 1. The number of hydrogen-bond acceptors (Lipinski definition) is 5. The van der Waals surface area contributed by atoms with Crippen LogP contribution in [-0.2, 0) is 14.3 Å². The largest absolute Gasteiger partial charge is 0.497 e. The van der Waals surface area contributed by atoms with Crippen LogP contribution in [0.4, 0.5) is 0 Å². The molecule has 0 unspecified atom stereocenters. The Labute approximate surface area is 190 Å². The van der Waals surface area contributed by atoms with Gasteiger partial charge in [0, 0.05) is 38.4 Å². The van der Waals surface area contributed by atoms with Crippen LogP contribution in [-0.4, -0.2) is 68.6 Å². The van der Waals surface area contributed by atoms with E-state index in [0.29, 0.717) is 57.0 Å². The minimum atomic E-state index is -0.598. The summed E-state index contributed by atoms with van der Waals surface area (Å²) in [6.07, 6.45) is 4.39. The van der Waals surface area contributed by atoms with Crippen LogP contribution < -0.4 is 15.4 Å². The van der Waals surface area contributed by atoms with E-state index in [-0.39, 0.29) is 17.7 Å². The lowest BCUT2D eigenvalue weighted by Gasteiger charge is -2.41. The molecule has 2 aliphatic heterocycles. The van der Waals surface area contributed by atoms with Crippen LogP contribution in [0.15, 0.2) is 24.3 Å². The summed E-state index contributed by atoms with van der Waals surface area (Å²) >= 11 is 0. The van der Waals surface area contributed by atoms with Crippen molar-refractivity contribution in [3.05, 3.63) is 29.8 Å². The van der Waals surface area contributed by atoms with E-state index in [9.17, 15) is 14.4 Å². The predicted octanol–water partition coefficient (Wildman–Crippen LogP) is 2.13. The molecule has 8 heteroatoms. The van der Waals surface area contributed by atoms with Crippen LogP contribution in [0.5, 0.6) is 5.75 Å². The number of benzene rings is 1. The standard InChI is InChI=1S/C24H35N3O5/c1-18-21(28)25-12-6-16-32-15-4-3-9-24(23(30)26-18)10-13-27(14-11-24)22(29)19-7-5-8-20(17-19)31-2/h5,7-8,17-18H,3-4,6,9-16H2,1-2H3,(H,25,28)(H,26,30)/t18-/m0/s1. The van der Waals surface area contributed by atoms with Crippen LogP contribution in [0, 0.1) is 5.41 Å². The normalized spacial score (nSPS) is 23.1. The highest BCUT2D eigenvalue weighted by molar-refractivity contribution is 5.95.